The summed E-state index contributed by atoms with van der Waals surface area (Å²) in [7, 11) is 0. The maximum Gasteiger partial charge on any atom is 0.326 e. The summed E-state index contributed by atoms with van der Waals surface area (Å²) in [5, 5.41) is 14.4. The summed E-state index contributed by atoms with van der Waals surface area (Å²) in [6.45, 7) is 4.04. The molecule has 0 saturated heterocycles. The maximum atomic E-state index is 12.7. The van der Waals surface area contributed by atoms with Gasteiger partial charge in [0.05, 0.1) is 18.1 Å². The topological polar surface area (TPSA) is 176 Å². The van der Waals surface area contributed by atoms with E-state index in [9.17, 15) is 19.5 Å². The molecule has 0 spiro atoms. The number of hydrogen-bond acceptors (Lipinski definition) is 6. The first-order valence-electron chi connectivity index (χ1n) is 9.03. The van der Waals surface area contributed by atoms with E-state index < -0.39 is 35.9 Å². The number of carboxylic acids is 1. The summed E-state index contributed by atoms with van der Waals surface area (Å²) in [5.41, 5.74) is 11.8. The first kappa shape index (κ1) is 22.6. The molecule has 3 atom stereocenters. The number of hydrogen-bond donors (Lipinski definition) is 6. The van der Waals surface area contributed by atoms with Crippen LogP contribution in [0.3, 0.4) is 0 Å². The van der Waals surface area contributed by atoms with Gasteiger partial charge >= 0.3 is 5.97 Å². The molecule has 8 N–H and O–H groups in total. The molecule has 0 fully saturated rings. The predicted octanol–water partition coefficient (Wildman–Crippen LogP) is -0.881. The maximum absolute atomic E-state index is 12.7. The lowest BCUT2D eigenvalue weighted by Gasteiger charge is -2.23. The Hall–Kier alpha value is -2.46. The summed E-state index contributed by atoms with van der Waals surface area (Å²) >= 11 is 0. The van der Waals surface area contributed by atoms with Crippen LogP contribution in [0, 0.1) is 5.92 Å². The van der Waals surface area contributed by atoms with Crippen molar-refractivity contribution in [1.29, 1.82) is 0 Å². The van der Waals surface area contributed by atoms with Crippen molar-refractivity contribution in [2.75, 3.05) is 6.54 Å². The number of unbranched alkanes of at least 4 members (excludes halogenated alkanes) is 1. The highest BCUT2D eigenvalue weighted by Gasteiger charge is 2.29. The van der Waals surface area contributed by atoms with Crippen molar-refractivity contribution in [2.45, 2.75) is 57.7 Å². The van der Waals surface area contributed by atoms with Gasteiger partial charge in [0.1, 0.15) is 12.1 Å². The molecule has 0 radical (unpaired) electrons. The van der Waals surface area contributed by atoms with Gasteiger partial charge in [-0.1, -0.05) is 13.8 Å². The van der Waals surface area contributed by atoms with Crippen molar-refractivity contribution in [2.24, 2.45) is 17.4 Å². The first-order valence-corrected chi connectivity index (χ1v) is 9.03. The van der Waals surface area contributed by atoms with Gasteiger partial charge in [0.2, 0.25) is 11.8 Å². The zero-order chi connectivity index (χ0) is 20.4. The third kappa shape index (κ3) is 7.75. The number of rotatable bonds is 12. The minimum Gasteiger partial charge on any atom is -0.480 e. The van der Waals surface area contributed by atoms with Gasteiger partial charge in [0.25, 0.3) is 0 Å². The van der Waals surface area contributed by atoms with Crippen LogP contribution in [-0.2, 0) is 20.8 Å². The quantitative estimate of drug-likeness (QED) is 0.254. The normalized spacial score (nSPS) is 14.4. The molecule has 1 aromatic rings. The van der Waals surface area contributed by atoms with Crippen LogP contribution in [0.15, 0.2) is 12.5 Å². The van der Waals surface area contributed by atoms with Gasteiger partial charge in [-0.15, -0.1) is 0 Å². The number of H-pyrrole nitrogens is 1. The van der Waals surface area contributed by atoms with E-state index in [2.05, 4.69) is 20.6 Å². The lowest BCUT2D eigenvalue weighted by atomic mass is 10.0. The van der Waals surface area contributed by atoms with Crippen molar-refractivity contribution in [1.82, 2.24) is 20.6 Å². The van der Waals surface area contributed by atoms with E-state index >= 15 is 0 Å². The molecule has 0 bridgehead atoms. The summed E-state index contributed by atoms with van der Waals surface area (Å²) in [4.78, 5) is 43.2. The molecule has 0 saturated carbocycles. The number of imidazole rings is 1. The Morgan fingerprint density at radius 1 is 1.19 bits per heavy atom. The Labute approximate surface area is 158 Å². The fraction of sp³-hybridized carbons (Fsp3) is 0.647. The van der Waals surface area contributed by atoms with E-state index in [4.69, 9.17) is 11.5 Å². The first-order chi connectivity index (χ1) is 12.8. The van der Waals surface area contributed by atoms with E-state index in [1.807, 2.05) is 0 Å². The van der Waals surface area contributed by atoms with Crippen LogP contribution in [-0.4, -0.2) is 57.5 Å². The zero-order valence-electron chi connectivity index (χ0n) is 15.8. The molecule has 10 heteroatoms. The van der Waals surface area contributed by atoms with Crippen LogP contribution >= 0.6 is 0 Å². The fourth-order valence-electron chi connectivity index (χ4n) is 2.41. The summed E-state index contributed by atoms with van der Waals surface area (Å²) in [5.74, 6) is -2.32. The Balaban J connectivity index is 2.84. The van der Waals surface area contributed by atoms with Gasteiger partial charge in [-0.2, -0.15) is 0 Å². The van der Waals surface area contributed by atoms with Crippen LogP contribution in [0.5, 0.6) is 0 Å². The lowest BCUT2D eigenvalue weighted by Crippen LogP contribution is -2.56. The van der Waals surface area contributed by atoms with Crippen LogP contribution in [0.1, 0.15) is 38.8 Å². The van der Waals surface area contributed by atoms with Crippen LogP contribution in [0.4, 0.5) is 0 Å². The Morgan fingerprint density at radius 3 is 2.37 bits per heavy atom. The van der Waals surface area contributed by atoms with Crippen LogP contribution in [0.2, 0.25) is 0 Å². The number of nitrogens with two attached hydrogens (primary N) is 2. The highest BCUT2D eigenvalue weighted by atomic mass is 16.4. The Bertz CT molecular complexity index is 605. The number of amides is 2. The van der Waals surface area contributed by atoms with Gasteiger partial charge in [-0.3, -0.25) is 9.59 Å². The van der Waals surface area contributed by atoms with Crippen LogP contribution in [0.25, 0.3) is 0 Å². The minimum atomic E-state index is -1.14. The van der Waals surface area contributed by atoms with E-state index in [1.165, 1.54) is 6.33 Å². The second kappa shape index (κ2) is 11.3. The molecule has 0 aliphatic rings. The zero-order valence-corrected chi connectivity index (χ0v) is 15.8. The van der Waals surface area contributed by atoms with Gasteiger partial charge in [0, 0.05) is 12.6 Å². The predicted molar refractivity (Wildman–Crippen MR) is 99.5 cm³/mol. The van der Waals surface area contributed by atoms with E-state index in [0.717, 1.165) is 0 Å². The number of nitrogens with zero attached hydrogens (tertiary/aromatic N) is 1. The fourth-order valence-corrected chi connectivity index (χ4v) is 2.41. The van der Waals surface area contributed by atoms with Crippen molar-refractivity contribution in [3.63, 3.8) is 0 Å². The van der Waals surface area contributed by atoms with Gasteiger partial charge < -0.3 is 32.2 Å². The number of carbonyl (C=O) groups is 3. The van der Waals surface area contributed by atoms with E-state index in [-0.39, 0.29) is 18.8 Å². The molecule has 1 aromatic heterocycles. The molecule has 0 unspecified atom stereocenters. The van der Waals surface area contributed by atoms with Crippen molar-refractivity contribution in [3.8, 4) is 0 Å². The molecule has 0 aromatic carbocycles. The monoisotopic (exact) mass is 382 g/mol. The third-order valence-electron chi connectivity index (χ3n) is 4.18. The number of aromatic amines is 1. The Morgan fingerprint density at radius 2 is 1.85 bits per heavy atom. The average Bonchev–Trinajstić information content (AvgIpc) is 3.12. The summed E-state index contributed by atoms with van der Waals surface area (Å²) in [6.07, 6.45) is 4.66. The molecule has 0 aliphatic heterocycles. The Kier molecular flexibility index (Phi) is 9.45. The number of aliphatic carboxylic acids is 1. The molecular formula is C17H30N6O4. The number of nitrogens with one attached hydrogen (secondary N) is 3. The standard InChI is InChI=1S/C17H30N6O4/c1-10(2)14(19)16(25)23-13(7-11-8-20-9-21-11)15(24)22-12(17(26)27)5-3-4-6-18/h8-10,12-14H,3-7,18-19H2,1-2H3,(H,20,21)(H,22,24)(H,23,25)(H,26,27)/t12-,13-,14-/m0/s1. The number of aromatic nitrogens is 2. The molecular weight excluding hydrogens is 352 g/mol. The second-order valence-electron chi connectivity index (χ2n) is 6.78. The van der Waals surface area contributed by atoms with Gasteiger partial charge in [0.15, 0.2) is 0 Å². The molecule has 1 heterocycles. The molecule has 27 heavy (non-hydrogen) atoms. The van der Waals surface area contributed by atoms with Gasteiger partial charge in [-0.25, -0.2) is 9.78 Å². The van der Waals surface area contributed by atoms with Crippen LogP contribution < -0.4 is 22.1 Å². The minimum absolute atomic E-state index is 0.109. The largest absolute Gasteiger partial charge is 0.480 e. The van der Waals surface area contributed by atoms with Crippen molar-refractivity contribution in [3.05, 3.63) is 18.2 Å². The summed E-state index contributed by atoms with van der Waals surface area (Å²) < 4.78 is 0. The second-order valence-corrected chi connectivity index (χ2v) is 6.78. The van der Waals surface area contributed by atoms with Crippen molar-refractivity contribution >= 4 is 17.8 Å². The number of carboxylic acid groups (broad SMARTS) is 1. The molecule has 10 nitrogen and oxygen atoms in total. The highest BCUT2D eigenvalue weighted by Crippen LogP contribution is 2.05. The summed E-state index contributed by atoms with van der Waals surface area (Å²) in [6, 6.07) is -2.82. The lowest BCUT2D eigenvalue weighted by molar-refractivity contribution is -0.142. The molecule has 152 valence electrons. The van der Waals surface area contributed by atoms with E-state index in [1.54, 1.807) is 20.0 Å². The molecule has 2 amide bonds. The third-order valence-corrected chi connectivity index (χ3v) is 4.18. The highest BCUT2D eigenvalue weighted by molar-refractivity contribution is 5.92. The smallest absolute Gasteiger partial charge is 0.326 e. The van der Waals surface area contributed by atoms with E-state index in [0.29, 0.717) is 25.1 Å². The average molecular weight is 382 g/mol. The molecule has 1 rings (SSSR count). The number of carbonyl (C=O) groups excluding carboxylic acids is 2. The molecule has 0 aliphatic carbocycles. The SMILES string of the molecule is CC(C)[C@H](N)C(=O)N[C@@H](Cc1c[nH]cn1)C(=O)N[C@@H](CCCCN)C(=O)O. The van der Waals surface area contributed by atoms with Gasteiger partial charge in [-0.05, 0) is 31.7 Å². The van der Waals surface area contributed by atoms with Crippen molar-refractivity contribution < 1.29 is 19.5 Å².